The molecule has 14 heavy (non-hydrogen) atoms. The highest BCUT2D eigenvalue weighted by Gasteiger charge is 2.45. The largest absolute Gasteiger partial charge is 0.385 e. The smallest absolute Gasteiger partial charge is 0.0862 e. The molecule has 0 aliphatic heterocycles. The van der Waals surface area contributed by atoms with Crippen molar-refractivity contribution in [3.05, 3.63) is 11.6 Å². The summed E-state index contributed by atoms with van der Waals surface area (Å²) in [7, 11) is 0. The van der Waals surface area contributed by atoms with Gasteiger partial charge < -0.3 is 5.11 Å². The van der Waals surface area contributed by atoms with Crippen molar-refractivity contribution >= 4 is 0 Å². The van der Waals surface area contributed by atoms with E-state index >= 15 is 0 Å². The van der Waals surface area contributed by atoms with Crippen LogP contribution in [0.25, 0.3) is 0 Å². The molecular weight excluding hydrogens is 172 g/mol. The Hall–Kier alpha value is -0.300. The molecule has 0 saturated heterocycles. The molecule has 1 N–H and O–H groups in total. The standard InChI is InChI=1S/C13H22O/c1-10(2)11-8-13(14,9-11)12-6-4-3-5-7-12/h6,10-11,14H,3-5,7-9H2,1-2H3. The monoisotopic (exact) mass is 194 g/mol. The minimum Gasteiger partial charge on any atom is -0.385 e. The summed E-state index contributed by atoms with van der Waals surface area (Å²) in [5.74, 6) is 1.49. The third-order valence-electron chi connectivity index (χ3n) is 4.03. The molecule has 0 atom stereocenters. The molecular formula is C13H22O. The lowest BCUT2D eigenvalue weighted by atomic mass is 9.62. The Labute approximate surface area is 87.2 Å². The van der Waals surface area contributed by atoms with Crippen LogP contribution < -0.4 is 0 Å². The van der Waals surface area contributed by atoms with Crippen LogP contribution in [0.2, 0.25) is 0 Å². The van der Waals surface area contributed by atoms with Crippen LogP contribution >= 0.6 is 0 Å². The molecule has 0 aromatic carbocycles. The average Bonchev–Trinajstić information content (AvgIpc) is 2.14. The number of aliphatic hydroxyl groups is 1. The van der Waals surface area contributed by atoms with Crippen molar-refractivity contribution in [2.24, 2.45) is 11.8 Å². The van der Waals surface area contributed by atoms with E-state index in [4.69, 9.17) is 0 Å². The van der Waals surface area contributed by atoms with Gasteiger partial charge in [-0.05, 0) is 55.9 Å². The molecule has 2 rings (SSSR count). The van der Waals surface area contributed by atoms with Gasteiger partial charge in [0, 0.05) is 0 Å². The molecule has 2 aliphatic rings. The summed E-state index contributed by atoms with van der Waals surface area (Å²) >= 11 is 0. The molecule has 80 valence electrons. The first kappa shape index (κ1) is 10.2. The average molecular weight is 194 g/mol. The maximum Gasteiger partial charge on any atom is 0.0862 e. The molecule has 0 bridgehead atoms. The fourth-order valence-electron chi connectivity index (χ4n) is 2.80. The zero-order valence-corrected chi connectivity index (χ0v) is 9.42. The van der Waals surface area contributed by atoms with E-state index < -0.39 is 5.60 Å². The quantitative estimate of drug-likeness (QED) is 0.669. The van der Waals surface area contributed by atoms with E-state index in [1.165, 1.54) is 24.8 Å². The van der Waals surface area contributed by atoms with Crippen molar-refractivity contribution in [2.45, 2.75) is 58.0 Å². The summed E-state index contributed by atoms with van der Waals surface area (Å²) in [6, 6.07) is 0. The lowest BCUT2D eigenvalue weighted by Crippen LogP contribution is -2.47. The fourth-order valence-corrected chi connectivity index (χ4v) is 2.80. The van der Waals surface area contributed by atoms with E-state index in [1.54, 1.807) is 0 Å². The molecule has 0 unspecified atom stereocenters. The van der Waals surface area contributed by atoms with Crippen molar-refractivity contribution in [2.75, 3.05) is 0 Å². The van der Waals surface area contributed by atoms with Gasteiger partial charge in [0.15, 0.2) is 0 Å². The van der Waals surface area contributed by atoms with Gasteiger partial charge >= 0.3 is 0 Å². The van der Waals surface area contributed by atoms with Crippen molar-refractivity contribution in [1.82, 2.24) is 0 Å². The first-order valence-electron chi connectivity index (χ1n) is 6.04. The van der Waals surface area contributed by atoms with Crippen LogP contribution in [0.4, 0.5) is 0 Å². The Bertz CT molecular complexity index is 234. The second kappa shape index (κ2) is 3.69. The van der Waals surface area contributed by atoms with Crippen LogP contribution in [-0.4, -0.2) is 10.7 Å². The van der Waals surface area contributed by atoms with Gasteiger partial charge in [-0.15, -0.1) is 0 Å². The van der Waals surface area contributed by atoms with Crippen LogP contribution in [0.1, 0.15) is 52.4 Å². The summed E-state index contributed by atoms with van der Waals surface area (Å²) in [5, 5.41) is 10.4. The predicted molar refractivity (Wildman–Crippen MR) is 59.1 cm³/mol. The normalized spacial score (nSPS) is 38.0. The molecule has 1 nitrogen and oxygen atoms in total. The van der Waals surface area contributed by atoms with Crippen molar-refractivity contribution < 1.29 is 5.11 Å². The molecule has 1 heteroatoms. The summed E-state index contributed by atoms with van der Waals surface area (Å²) in [4.78, 5) is 0. The predicted octanol–water partition coefficient (Wildman–Crippen LogP) is 3.28. The first-order chi connectivity index (χ1) is 6.62. The van der Waals surface area contributed by atoms with E-state index in [0.717, 1.165) is 31.1 Å². The lowest BCUT2D eigenvalue weighted by molar-refractivity contribution is -0.0595. The topological polar surface area (TPSA) is 20.2 Å². The third kappa shape index (κ3) is 1.75. The van der Waals surface area contributed by atoms with Gasteiger partial charge in [0.05, 0.1) is 5.60 Å². The van der Waals surface area contributed by atoms with E-state index in [9.17, 15) is 5.11 Å². The Morgan fingerprint density at radius 2 is 2.07 bits per heavy atom. The number of hydrogen-bond donors (Lipinski definition) is 1. The molecule has 1 saturated carbocycles. The van der Waals surface area contributed by atoms with Crippen molar-refractivity contribution in [1.29, 1.82) is 0 Å². The minimum atomic E-state index is -0.393. The molecule has 0 radical (unpaired) electrons. The van der Waals surface area contributed by atoms with E-state index in [1.807, 2.05) is 0 Å². The van der Waals surface area contributed by atoms with Gasteiger partial charge in [0.2, 0.25) is 0 Å². The Balaban J connectivity index is 1.96. The minimum absolute atomic E-state index is 0.393. The van der Waals surface area contributed by atoms with E-state index in [2.05, 4.69) is 19.9 Å². The van der Waals surface area contributed by atoms with Crippen molar-refractivity contribution in [3.8, 4) is 0 Å². The highest BCUT2D eigenvalue weighted by Crippen LogP contribution is 2.48. The highest BCUT2D eigenvalue weighted by atomic mass is 16.3. The summed E-state index contributed by atoms with van der Waals surface area (Å²) in [5.41, 5.74) is 0.954. The van der Waals surface area contributed by atoms with Crippen LogP contribution in [-0.2, 0) is 0 Å². The van der Waals surface area contributed by atoms with Gasteiger partial charge in [-0.1, -0.05) is 19.9 Å². The van der Waals surface area contributed by atoms with Crippen molar-refractivity contribution in [3.63, 3.8) is 0 Å². The molecule has 1 fully saturated rings. The second-order valence-electron chi connectivity index (χ2n) is 5.42. The number of hydrogen-bond acceptors (Lipinski definition) is 1. The summed E-state index contributed by atoms with van der Waals surface area (Å²) in [6.45, 7) is 4.53. The first-order valence-corrected chi connectivity index (χ1v) is 6.04. The molecule has 0 heterocycles. The van der Waals surface area contributed by atoms with Gasteiger partial charge in [0.25, 0.3) is 0 Å². The zero-order valence-electron chi connectivity index (χ0n) is 9.42. The van der Waals surface area contributed by atoms with Gasteiger partial charge in [0.1, 0.15) is 0 Å². The summed E-state index contributed by atoms with van der Waals surface area (Å²) in [6.07, 6.45) is 9.23. The molecule has 0 aromatic heterocycles. The highest BCUT2D eigenvalue weighted by molar-refractivity contribution is 5.23. The Morgan fingerprint density at radius 3 is 2.57 bits per heavy atom. The van der Waals surface area contributed by atoms with Gasteiger partial charge in [-0.2, -0.15) is 0 Å². The SMILES string of the molecule is CC(C)C1CC(O)(C2=CCCCC2)C1. The fraction of sp³-hybridized carbons (Fsp3) is 0.846. The third-order valence-corrected chi connectivity index (χ3v) is 4.03. The van der Waals surface area contributed by atoms with Crippen LogP contribution in [0.3, 0.4) is 0 Å². The number of rotatable bonds is 2. The zero-order chi connectivity index (χ0) is 10.2. The second-order valence-corrected chi connectivity index (χ2v) is 5.42. The molecule has 0 spiro atoms. The Kier molecular flexibility index (Phi) is 2.70. The van der Waals surface area contributed by atoms with Gasteiger partial charge in [-0.3, -0.25) is 0 Å². The molecule has 2 aliphatic carbocycles. The van der Waals surface area contributed by atoms with E-state index in [-0.39, 0.29) is 0 Å². The van der Waals surface area contributed by atoms with E-state index in [0.29, 0.717) is 0 Å². The number of allylic oxidation sites excluding steroid dienone is 1. The molecule has 0 aromatic rings. The van der Waals surface area contributed by atoms with Crippen LogP contribution in [0, 0.1) is 11.8 Å². The Morgan fingerprint density at radius 1 is 1.36 bits per heavy atom. The van der Waals surface area contributed by atoms with Crippen LogP contribution in [0.15, 0.2) is 11.6 Å². The lowest BCUT2D eigenvalue weighted by Gasteiger charge is -2.48. The van der Waals surface area contributed by atoms with Crippen LogP contribution in [0.5, 0.6) is 0 Å². The summed E-state index contributed by atoms with van der Waals surface area (Å²) < 4.78 is 0. The van der Waals surface area contributed by atoms with Gasteiger partial charge in [-0.25, -0.2) is 0 Å². The maximum absolute atomic E-state index is 10.4. The maximum atomic E-state index is 10.4. The molecule has 0 amide bonds.